The maximum atomic E-state index is 12.4. The standard InChI is InChI=1S/C19H25N5O2/c1-23-13-16(11-21-23)18(25)22-17-4-8-26-19(9-17)5-7-24(14-19)12-15-3-2-6-20-10-15/h2-3,6,10-11,13,17H,4-5,7-9,12,14H2,1H3,(H,22,25)/t17-,19-/m0/s1. The Hall–Kier alpha value is -2.25. The lowest BCUT2D eigenvalue weighted by molar-refractivity contribution is -0.0793. The molecular formula is C19H25N5O2. The van der Waals surface area contributed by atoms with E-state index in [1.54, 1.807) is 23.3 Å². The molecule has 2 saturated heterocycles. The smallest absolute Gasteiger partial charge is 0.254 e. The summed E-state index contributed by atoms with van der Waals surface area (Å²) in [6.45, 7) is 3.50. The van der Waals surface area contributed by atoms with Crippen LogP contribution in [0.2, 0.25) is 0 Å². The highest BCUT2D eigenvalue weighted by Crippen LogP contribution is 2.35. The van der Waals surface area contributed by atoms with Gasteiger partial charge in [0, 0.05) is 57.9 Å². The van der Waals surface area contributed by atoms with E-state index in [1.165, 1.54) is 5.56 Å². The van der Waals surface area contributed by atoms with Crippen molar-refractivity contribution in [3.8, 4) is 0 Å². The molecule has 2 aliphatic rings. The number of hydrogen-bond acceptors (Lipinski definition) is 5. The van der Waals surface area contributed by atoms with Gasteiger partial charge >= 0.3 is 0 Å². The second-order valence-corrected chi connectivity index (χ2v) is 7.42. The van der Waals surface area contributed by atoms with Crippen LogP contribution in [0, 0.1) is 0 Å². The zero-order valence-corrected chi connectivity index (χ0v) is 15.1. The largest absolute Gasteiger partial charge is 0.373 e. The van der Waals surface area contributed by atoms with E-state index in [9.17, 15) is 4.79 Å². The predicted octanol–water partition coefficient (Wildman–Crippen LogP) is 1.37. The minimum atomic E-state index is -0.145. The second-order valence-electron chi connectivity index (χ2n) is 7.42. The van der Waals surface area contributed by atoms with Gasteiger partial charge in [0.2, 0.25) is 0 Å². The molecule has 1 spiro atoms. The Kier molecular flexibility index (Phi) is 4.74. The van der Waals surface area contributed by atoms with Crippen molar-refractivity contribution in [2.45, 2.75) is 37.5 Å². The molecule has 2 aliphatic heterocycles. The third-order valence-electron chi connectivity index (χ3n) is 5.32. The predicted molar refractivity (Wildman–Crippen MR) is 96.5 cm³/mol. The molecule has 1 amide bonds. The van der Waals surface area contributed by atoms with Gasteiger partial charge in [-0.3, -0.25) is 19.4 Å². The van der Waals surface area contributed by atoms with Crippen LogP contribution in [0.5, 0.6) is 0 Å². The van der Waals surface area contributed by atoms with Gasteiger partial charge in [-0.2, -0.15) is 5.10 Å². The Balaban J connectivity index is 1.35. The van der Waals surface area contributed by atoms with Crippen molar-refractivity contribution < 1.29 is 9.53 Å². The summed E-state index contributed by atoms with van der Waals surface area (Å²) in [5, 5.41) is 7.23. The average Bonchev–Trinajstić information content (AvgIpc) is 3.23. The molecule has 7 heteroatoms. The van der Waals surface area contributed by atoms with Gasteiger partial charge in [0.15, 0.2) is 0 Å². The topological polar surface area (TPSA) is 72.3 Å². The zero-order valence-electron chi connectivity index (χ0n) is 15.1. The molecule has 7 nitrogen and oxygen atoms in total. The number of rotatable bonds is 4. The Bertz CT molecular complexity index is 762. The van der Waals surface area contributed by atoms with Gasteiger partial charge in [-0.05, 0) is 30.9 Å². The molecule has 4 heterocycles. The maximum absolute atomic E-state index is 12.4. The van der Waals surface area contributed by atoms with E-state index in [2.05, 4.69) is 26.4 Å². The fraction of sp³-hybridized carbons (Fsp3) is 0.526. The number of nitrogens with one attached hydrogen (secondary N) is 1. The van der Waals surface area contributed by atoms with E-state index in [1.807, 2.05) is 19.3 Å². The summed E-state index contributed by atoms with van der Waals surface area (Å²) in [7, 11) is 1.82. The van der Waals surface area contributed by atoms with Crippen LogP contribution in [0.25, 0.3) is 0 Å². The molecule has 2 atom stereocenters. The summed E-state index contributed by atoms with van der Waals surface area (Å²) in [6.07, 6.45) is 9.80. The third kappa shape index (κ3) is 3.78. The van der Waals surface area contributed by atoms with Gasteiger partial charge in [0.05, 0.1) is 17.4 Å². The molecule has 2 aromatic heterocycles. The van der Waals surface area contributed by atoms with Crippen molar-refractivity contribution in [2.75, 3.05) is 19.7 Å². The Morgan fingerprint density at radius 3 is 3.15 bits per heavy atom. The van der Waals surface area contributed by atoms with Crippen molar-refractivity contribution in [3.63, 3.8) is 0 Å². The molecule has 2 aromatic rings. The van der Waals surface area contributed by atoms with Gasteiger partial charge < -0.3 is 10.1 Å². The highest BCUT2D eigenvalue weighted by atomic mass is 16.5. The Labute approximate surface area is 153 Å². The van der Waals surface area contributed by atoms with Gasteiger partial charge in [-0.15, -0.1) is 0 Å². The van der Waals surface area contributed by atoms with E-state index >= 15 is 0 Å². The molecule has 26 heavy (non-hydrogen) atoms. The number of pyridine rings is 1. The monoisotopic (exact) mass is 355 g/mol. The van der Waals surface area contributed by atoms with Crippen LogP contribution < -0.4 is 5.32 Å². The van der Waals surface area contributed by atoms with Crippen molar-refractivity contribution in [2.24, 2.45) is 7.05 Å². The highest BCUT2D eigenvalue weighted by molar-refractivity contribution is 5.93. The Morgan fingerprint density at radius 1 is 1.46 bits per heavy atom. The van der Waals surface area contributed by atoms with E-state index in [0.29, 0.717) is 12.2 Å². The van der Waals surface area contributed by atoms with Crippen molar-refractivity contribution >= 4 is 5.91 Å². The first-order chi connectivity index (χ1) is 12.6. The Morgan fingerprint density at radius 2 is 2.38 bits per heavy atom. The fourth-order valence-corrected chi connectivity index (χ4v) is 4.05. The molecule has 138 valence electrons. The molecule has 1 N–H and O–H groups in total. The minimum Gasteiger partial charge on any atom is -0.373 e. The molecule has 0 aliphatic carbocycles. The summed E-state index contributed by atoms with van der Waals surface area (Å²) < 4.78 is 7.84. The molecule has 0 bridgehead atoms. The summed E-state index contributed by atoms with van der Waals surface area (Å²) >= 11 is 0. The van der Waals surface area contributed by atoms with Gasteiger partial charge in [-0.25, -0.2) is 0 Å². The molecule has 2 fully saturated rings. The fourth-order valence-electron chi connectivity index (χ4n) is 4.05. The van der Waals surface area contributed by atoms with Crippen LogP contribution in [0.15, 0.2) is 36.9 Å². The van der Waals surface area contributed by atoms with Crippen LogP contribution in [-0.4, -0.2) is 56.9 Å². The summed E-state index contributed by atoms with van der Waals surface area (Å²) in [4.78, 5) is 19.0. The van der Waals surface area contributed by atoms with Crippen LogP contribution >= 0.6 is 0 Å². The van der Waals surface area contributed by atoms with Crippen LogP contribution in [0.4, 0.5) is 0 Å². The lowest BCUT2D eigenvalue weighted by Gasteiger charge is -2.38. The number of carbonyl (C=O) groups excluding carboxylic acids is 1. The molecule has 0 unspecified atom stereocenters. The number of carbonyl (C=O) groups is 1. The van der Waals surface area contributed by atoms with Crippen LogP contribution in [-0.2, 0) is 18.3 Å². The maximum Gasteiger partial charge on any atom is 0.254 e. The number of aromatic nitrogens is 3. The normalized spacial score (nSPS) is 26.3. The number of aryl methyl sites for hydroxylation is 1. The van der Waals surface area contributed by atoms with E-state index < -0.39 is 0 Å². The first kappa shape index (κ1) is 17.2. The summed E-state index contributed by atoms with van der Waals surface area (Å²) in [6, 6.07) is 4.23. The third-order valence-corrected chi connectivity index (χ3v) is 5.32. The summed E-state index contributed by atoms with van der Waals surface area (Å²) in [5.41, 5.74) is 1.69. The number of likely N-dealkylation sites (tertiary alicyclic amines) is 1. The van der Waals surface area contributed by atoms with Gasteiger partial charge in [0.25, 0.3) is 5.91 Å². The molecule has 0 saturated carbocycles. The van der Waals surface area contributed by atoms with Crippen LogP contribution in [0.1, 0.15) is 35.2 Å². The number of amides is 1. The zero-order chi connectivity index (χ0) is 18.0. The van der Waals surface area contributed by atoms with Gasteiger partial charge in [-0.1, -0.05) is 6.07 Å². The second kappa shape index (κ2) is 7.17. The molecule has 0 radical (unpaired) electrons. The lowest BCUT2D eigenvalue weighted by Crippen LogP contribution is -2.49. The van der Waals surface area contributed by atoms with E-state index in [-0.39, 0.29) is 17.6 Å². The highest BCUT2D eigenvalue weighted by Gasteiger charge is 2.43. The SMILES string of the molecule is Cn1cc(C(=O)N[C@H]2CCO[C@@]3(CCN(Cc4cccnc4)C3)C2)cn1. The minimum absolute atomic E-state index is 0.0506. The molecular weight excluding hydrogens is 330 g/mol. The number of hydrogen-bond donors (Lipinski definition) is 1. The molecule has 0 aromatic carbocycles. The van der Waals surface area contributed by atoms with Crippen molar-refractivity contribution in [1.82, 2.24) is 25.0 Å². The quantitative estimate of drug-likeness (QED) is 0.897. The summed E-state index contributed by atoms with van der Waals surface area (Å²) in [5.74, 6) is -0.0506. The average molecular weight is 355 g/mol. The lowest BCUT2D eigenvalue weighted by atomic mass is 9.89. The number of nitrogens with zero attached hydrogens (tertiary/aromatic N) is 4. The number of ether oxygens (including phenoxy) is 1. The first-order valence-electron chi connectivity index (χ1n) is 9.17. The van der Waals surface area contributed by atoms with Gasteiger partial charge in [0.1, 0.15) is 0 Å². The van der Waals surface area contributed by atoms with Crippen molar-refractivity contribution in [3.05, 3.63) is 48.0 Å². The van der Waals surface area contributed by atoms with Crippen LogP contribution in [0.3, 0.4) is 0 Å². The first-order valence-corrected chi connectivity index (χ1v) is 9.17. The molecule has 4 rings (SSSR count). The van der Waals surface area contributed by atoms with E-state index in [0.717, 1.165) is 38.9 Å². The van der Waals surface area contributed by atoms with E-state index in [4.69, 9.17) is 4.74 Å². The van der Waals surface area contributed by atoms with Crippen molar-refractivity contribution in [1.29, 1.82) is 0 Å².